The Balaban J connectivity index is 1.95. The van der Waals surface area contributed by atoms with Gasteiger partial charge < -0.3 is 9.64 Å². The van der Waals surface area contributed by atoms with Crippen molar-refractivity contribution >= 4 is 11.9 Å². The highest BCUT2D eigenvalue weighted by Crippen LogP contribution is 2.27. The van der Waals surface area contributed by atoms with E-state index in [0.29, 0.717) is 25.4 Å². The Labute approximate surface area is 138 Å². The van der Waals surface area contributed by atoms with Gasteiger partial charge in [0, 0.05) is 19.2 Å². The molecule has 1 aromatic rings. The van der Waals surface area contributed by atoms with Crippen molar-refractivity contribution in [2.45, 2.75) is 51.5 Å². The number of aromatic nitrogens is 1. The number of rotatable bonds is 7. The molecule has 0 N–H and O–H groups in total. The Morgan fingerprint density at radius 1 is 1.26 bits per heavy atom. The Morgan fingerprint density at radius 2 is 2.04 bits per heavy atom. The van der Waals surface area contributed by atoms with Gasteiger partial charge >= 0.3 is 5.97 Å². The average Bonchev–Trinajstić information content (AvgIpc) is 2.60. The summed E-state index contributed by atoms with van der Waals surface area (Å²) >= 11 is 0. The molecule has 5 nitrogen and oxygen atoms in total. The molecule has 0 saturated heterocycles. The molecule has 0 radical (unpaired) electrons. The van der Waals surface area contributed by atoms with Crippen LogP contribution in [0.5, 0.6) is 0 Å². The first-order chi connectivity index (χ1) is 11.2. The van der Waals surface area contributed by atoms with Crippen LogP contribution in [0.25, 0.3) is 0 Å². The summed E-state index contributed by atoms with van der Waals surface area (Å²) in [5.41, 5.74) is 0.842. The smallest absolute Gasteiger partial charge is 0.307 e. The van der Waals surface area contributed by atoms with Crippen molar-refractivity contribution in [3.8, 4) is 0 Å². The standard InChI is InChI=1S/C18H26N2O3/c1-23-18(22)10-12-20(14-16-9-5-6-11-19-16)17(21)13-15-7-3-2-4-8-15/h5-6,9,11,15H,2-4,7-8,10,12-14H2,1H3. The van der Waals surface area contributed by atoms with Gasteiger partial charge in [-0.25, -0.2) is 0 Å². The molecule has 1 aliphatic carbocycles. The van der Waals surface area contributed by atoms with Crippen molar-refractivity contribution in [2.24, 2.45) is 5.92 Å². The molecule has 0 aliphatic heterocycles. The predicted octanol–water partition coefficient (Wildman–Crippen LogP) is 2.94. The SMILES string of the molecule is COC(=O)CCN(Cc1ccccn1)C(=O)CC1CCCCC1. The fourth-order valence-electron chi connectivity index (χ4n) is 3.07. The van der Waals surface area contributed by atoms with Crippen LogP contribution < -0.4 is 0 Å². The van der Waals surface area contributed by atoms with E-state index >= 15 is 0 Å². The summed E-state index contributed by atoms with van der Waals surface area (Å²) in [5.74, 6) is 0.313. The van der Waals surface area contributed by atoms with E-state index in [1.807, 2.05) is 18.2 Å². The number of methoxy groups -OCH3 is 1. The second-order valence-corrected chi connectivity index (χ2v) is 6.17. The van der Waals surface area contributed by atoms with Crippen molar-refractivity contribution in [1.29, 1.82) is 0 Å². The monoisotopic (exact) mass is 318 g/mol. The highest BCUT2D eigenvalue weighted by molar-refractivity contribution is 5.77. The molecule has 0 bridgehead atoms. The maximum absolute atomic E-state index is 12.7. The van der Waals surface area contributed by atoms with Gasteiger partial charge in [-0.2, -0.15) is 0 Å². The summed E-state index contributed by atoms with van der Waals surface area (Å²) in [7, 11) is 1.37. The third-order valence-corrected chi connectivity index (χ3v) is 4.43. The molecular weight excluding hydrogens is 292 g/mol. The maximum atomic E-state index is 12.7. The Bertz CT molecular complexity index is 498. The van der Waals surface area contributed by atoms with Crippen molar-refractivity contribution in [3.63, 3.8) is 0 Å². The topological polar surface area (TPSA) is 59.5 Å². The molecular formula is C18H26N2O3. The highest BCUT2D eigenvalue weighted by Gasteiger charge is 2.22. The molecule has 5 heteroatoms. The van der Waals surface area contributed by atoms with Gasteiger partial charge in [-0.3, -0.25) is 14.6 Å². The first kappa shape index (κ1) is 17.4. The highest BCUT2D eigenvalue weighted by atomic mass is 16.5. The number of esters is 1. The molecule has 0 atom stereocenters. The molecule has 1 amide bonds. The zero-order chi connectivity index (χ0) is 16.5. The second kappa shape index (κ2) is 9.28. The van der Waals surface area contributed by atoms with E-state index in [9.17, 15) is 9.59 Å². The van der Waals surface area contributed by atoms with Crippen LogP contribution in [0.15, 0.2) is 24.4 Å². The van der Waals surface area contributed by atoms with Crippen LogP contribution in [-0.4, -0.2) is 35.4 Å². The fourth-order valence-corrected chi connectivity index (χ4v) is 3.07. The lowest BCUT2D eigenvalue weighted by molar-refractivity contribution is -0.142. The molecule has 0 aromatic carbocycles. The van der Waals surface area contributed by atoms with E-state index in [1.54, 1.807) is 11.1 Å². The van der Waals surface area contributed by atoms with Crippen molar-refractivity contribution in [2.75, 3.05) is 13.7 Å². The van der Waals surface area contributed by atoms with Gasteiger partial charge in [-0.15, -0.1) is 0 Å². The molecule has 126 valence electrons. The molecule has 0 unspecified atom stereocenters. The lowest BCUT2D eigenvalue weighted by Gasteiger charge is -2.26. The lowest BCUT2D eigenvalue weighted by atomic mass is 9.86. The Morgan fingerprint density at radius 3 is 2.70 bits per heavy atom. The van der Waals surface area contributed by atoms with Gasteiger partial charge in [0.1, 0.15) is 0 Å². The number of carbonyl (C=O) groups excluding carboxylic acids is 2. The minimum atomic E-state index is -0.290. The van der Waals surface area contributed by atoms with Gasteiger partial charge in [0.15, 0.2) is 0 Å². The van der Waals surface area contributed by atoms with Crippen LogP contribution >= 0.6 is 0 Å². The van der Waals surface area contributed by atoms with Gasteiger partial charge in [-0.05, 0) is 30.9 Å². The summed E-state index contributed by atoms with van der Waals surface area (Å²) in [6.07, 6.45) is 8.53. The first-order valence-electron chi connectivity index (χ1n) is 8.43. The largest absolute Gasteiger partial charge is 0.469 e. The number of amides is 1. The summed E-state index contributed by atoms with van der Waals surface area (Å²) < 4.78 is 4.69. The number of nitrogens with zero attached hydrogens (tertiary/aromatic N) is 2. The van der Waals surface area contributed by atoms with Crippen LogP contribution in [0.3, 0.4) is 0 Å². The molecule has 1 saturated carbocycles. The van der Waals surface area contributed by atoms with Crippen molar-refractivity contribution in [1.82, 2.24) is 9.88 Å². The number of carbonyl (C=O) groups is 2. The fraction of sp³-hybridized carbons (Fsp3) is 0.611. The summed E-state index contributed by atoms with van der Waals surface area (Å²) in [4.78, 5) is 30.1. The van der Waals surface area contributed by atoms with E-state index in [1.165, 1.54) is 26.4 Å². The average molecular weight is 318 g/mol. The third kappa shape index (κ3) is 6.00. The van der Waals surface area contributed by atoms with E-state index in [-0.39, 0.29) is 18.3 Å². The molecule has 2 rings (SSSR count). The Kier molecular flexibility index (Phi) is 7.04. The van der Waals surface area contributed by atoms with Gasteiger partial charge in [0.05, 0.1) is 25.8 Å². The molecule has 23 heavy (non-hydrogen) atoms. The normalized spacial score (nSPS) is 15.2. The van der Waals surface area contributed by atoms with Crippen molar-refractivity contribution in [3.05, 3.63) is 30.1 Å². The van der Waals surface area contributed by atoms with Gasteiger partial charge in [-0.1, -0.05) is 25.3 Å². The molecule has 1 aromatic heterocycles. The van der Waals surface area contributed by atoms with E-state index in [4.69, 9.17) is 0 Å². The Hall–Kier alpha value is -1.91. The van der Waals surface area contributed by atoms with Crippen LogP contribution in [0.1, 0.15) is 50.6 Å². The quantitative estimate of drug-likeness (QED) is 0.725. The molecule has 0 spiro atoms. The molecule has 1 fully saturated rings. The van der Waals surface area contributed by atoms with Crippen LogP contribution in [0.2, 0.25) is 0 Å². The summed E-state index contributed by atoms with van der Waals surface area (Å²) in [5, 5.41) is 0. The zero-order valence-electron chi connectivity index (χ0n) is 13.9. The summed E-state index contributed by atoms with van der Waals surface area (Å²) in [6, 6.07) is 5.66. The van der Waals surface area contributed by atoms with Crippen LogP contribution in [-0.2, 0) is 20.9 Å². The summed E-state index contributed by atoms with van der Waals surface area (Å²) in [6.45, 7) is 0.832. The number of hydrogen-bond donors (Lipinski definition) is 0. The maximum Gasteiger partial charge on any atom is 0.307 e. The number of ether oxygens (including phenoxy) is 1. The lowest BCUT2D eigenvalue weighted by Crippen LogP contribution is -2.34. The molecule has 1 heterocycles. The van der Waals surface area contributed by atoms with Gasteiger partial charge in [0.25, 0.3) is 0 Å². The first-order valence-corrected chi connectivity index (χ1v) is 8.43. The predicted molar refractivity (Wildman–Crippen MR) is 87.5 cm³/mol. The zero-order valence-corrected chi connectivity index (χ0v) is 13.9. The number of pyridine rings is 1. The van der Waals surface area contributed by atoms with Crippen molar-refractivity contribution < 1.29 is 14.3 Å². The van der Waals surface area contributed by atoms with Gasteiger partial charge in [0.2, 0.25) is 5.91 Å². The number of hydrogen-bond acceptors (Lipinski definition) is 4. The molecule has 1 aliphatic rings. The third-order valence-electron chi connectivity index (χ3n) is 4.43. The minimum Gasteiger partial charge on any atom is -0.469 e. The van der Waals surface area contributed by atoms with E-state index < -0.39 is 0 Å². The van der Waals surface area contributed by atoms with Crippen LogP contribution in [0.4, 0.5) is 0 Å². The van der Waals surface area contributed by atoms with Crippen LogP contribution in [0, 0.1) is 5.92 Å². The van der Waals surface area contributed by atoms with E-state index in [2.05, 4.69) is 9.72 Å². The van der Waals surface area contributed by atoms with E-state index in [0.717, 1.165) is 18.5 Å². The minimum absolute atomic E-state index is 0.117. The second-order valence-electron chi connectivity index (χ2n) is 6.17.